The van der Waals surface area contributed by atoms with E-state index in [-0.39, 0.29) is 5.91 Å². The Morgan fingerprint density at radius 2 is 2.36 bits per heavy atom. The number of carbonyl (C=O) groups excluding carboxylic acids is 1. The van der Waals surface area contributed by atoms with Crippen molar-refractivity contribution in [3.8, 4) is 5.75 Å². The van der Waals surface area contributed by atoms with Crippen LogP contribution in [0.25, 0.3) is 0 Å². The maximum atomic E-state index is 12.1. The lowest BCUT2D eigenvalue weighted by molar-refractivity contribution is 0.0953. The summed E-state index contributed by atoms with van der Waals surface area (Å²) in [7, 11) is 0. The Morgan fingerprint density at radius 3 is 3.18 bits per heavy atom. The number of hydrogen-bond acceptors (Lipinski definition) is 6. The number of thioether (sulfide) groups is 1. The van der Waals surface area contributed by atoms with Crippen LogP contribution in [0.1, 0.15) is 27.3 Å². The van der Waals surface area contributed by atoms with Gasteiger partial charge in [-0.1, -0.05) is 23.1 Å². The van der Waals surface area contributed by atoms with Gasteiger partial charge in [-0.2, -0.15) is 0 Å². The molecule has 7 heteroatoms. The largest absolute Gasteiger partial charge is 0.493 e. The highest BCUT2D eigenvalue weighted by atomic mass is 32.2. The second kappa shape index (κ2) is 7.11. The highest BCUT2D eigenvalue weighted by Crippen LogP contribution is 2.26. The summed E-state index contributed by atoms with van der Waals surface area (Å²) < 4.78 is 6.43. The summed E-state index contributed by atoms with van der Waals surface area (Å²) in [5, 5.41) is 12.0. The number of aromatic nitrogens is 2. The van der Waals surface area contributed by atoms with Gasteiger partial charge in [0.2, 0.25) is 0 Å². The second-order valence-electron chi connectivity index (χ2n) is 4.97. The maximum absolute atomic E-state index is 12.1. The summed E-state index contributed by atoms with van der Waals surface area (Å²) >= 11 is 3.28. The van der Waals surface area contributed by atoms with Crippen molar-refractivity contribution < 1.29 is 9.53 Å². The number of rotatable bonds is 6. The van der Waals surface area contributed by atoms with Gasteiger partial charge in [0.05, 0.1) is 6.61 Å². The molecule has 3 rings (SSSR count). The first kappa shape index (κ1) is 15.3. The molecule has 0 bridgehead atoms. The van der Waals surface area contributed by atoms with E-state index in [0.29, 0.717) is 18.7 Å². The standard InChI is InChI=1S/C15H17N3O2S2/c1-10-17-18-15(22-10)21-8-2-6-16-14(19)12-3-4-13-11(9-12)5-7-20-13/h3-4,9H,2,5-8H2,1H3,(H,16,19). The number of nitrogens with zero attached hydrogens (tertiary/aromatic N) is 2. The molecule has 5 nitrogen and oxygen atoms in total. The number of carbonyl (C=O) groups is 1. The van der Waals surface area contributed by atoms with Crippen LogP contribution in [0, 0.1) is 6.92 Å². The molecule has 1 aliphatic heterocycles. The fraction of sp³-hybridized carbons (Fsp3) is 0.400. The van der Waals surface area contributed by atoms with Gasteiger partial charge in [0.1, 0.15) is 10.8 Å². The van der Waals surface area contributed by atoms with E-state index >= 15 is 0 Å². The lowest BCUT2D eigenvalue weighted by Crippen LogP contribution is -2.24. The average molecular weight is 335 g/mol. The lowest BCUT2D eigenvalue weighted by Gasteiger charge is -2.06. The molecule has 0 fully saturated rings. The highest BCUT2D eigenvalue weighted by Gasteiger charge is 2.14. The van der Waals surface area contributed by atoms with E-state index in [9.17, 15) is 4.79 Å². The minimum absolute atomic E-state index is 0.0218. The summed E-state index contributed by atoms with van der Waals surface area (Å²) in [4.78, 5) is 12.1. The molecule has 0 spiro atoms. The molecule has 1 aliphatic rings. The predicted octanol–water partition coefficient (Wildman–Crippen LogP) is 2.69. The van der Waals surface area contributed by atoms with E-state index < -0.39 is 0 Å². The van der Waals surface area contributed by atoms with Crippen LogP contribution in [0.2, 0.25) is 0 Å². The van der Waals surface area contributed by atoms with E-state index in [1.165, 1.54) is 0 Å². The maximum Gasteiger partial charge on any atom is 0.251 e. The molecule has 1 aromatic carbocycles. The molecule has 1 N–H and O–H groups in total. The molecule has 2 aromatic rings. The van der Waals surface area contributed by atoms with Gasteiger partial charge in [0.25, 0.3) is 5.91 Å². The number of amides is 1. The Balaban J connectivity index is 1.41. The van der Waals surface area contributed by atoms with Crippen molar-refractivity contribution in [2.24, 2.45) is 0 Å². The number of hydrogen-bond donors (Lipinski definition) is 1. The van der Waals surface area contributed by atoms with Crippen LogP contribution in [0.5, 0.6) is 5.75 Å². The van der Waals surface area contributed by atoms with Gasteiger partial charge in [0, 0.05) is 24.3 Å². The topological polar surface area (TPSA) is 64.1 Å². The minimum atomic E-state index is -0.0218. The van der Waals surface area contributed by atoms with E-state index in [2.05, 4.69) is 15.5 Å². The van der Waals surface area contributed by atoms with Gasteiger partial charge in [0.15, 0.2) is 4.34 Å². The molecule has 0 radical (unpaired) electrons. The van der Waals surface area contributed by atoms with Crippen molar-refractivity contribution >= 4 is 29.0 Å². The number of benzene rings is 1. The van der Waals surface area contributed by atoms with E-state index in [0.717, 1.165) is 39.3 Å². The van der Waals surface area contributed by atoms with Gasteiger partial charge < -0.3 is 10.1 Å². The van der Waals surface area contributed by atoms with Crippen LogP contribution in [0.15, 0.2) is 22.5 Å². The van der Waals surface area contributed by atoms with Crippen molar-refractivity contribution in [3.63, 3.8) is 0 Å². The van der Waals surface area contributed by atoms with Crippen LogP contribution in [-0.2, 0) is 6.42 Å². The smallest absolute Gasteiger partial charge is 0.251 e. The Hall–Kier alpha value is -1.60. The van der Waals surface area contributed by atoms with Gasteiger partial charge in [-0.15, -0.1) is 10.2 Å². The molecule has 1 amide bonds. The first-order valence-corrected chi connectivity index (χ1v) is 8.99. The van der Waals surface area contributed by atoms with E-state index in [1.54, 1.807) is 23.1 Å². The first-order valence-electron chi connectivity index (χ1n) is 7.19. The molecule has 1 aromatic heterocycles. The molecule has 0 unspecified atom stereocenters. The van der Waals surface area contributed by atoms with Gasteiger partial charge in [-0.3, -0.25) is 4.79 Å². The number of aryl methyl sites for hydroxylation is 1. The van der Waals surface area contributed by atoms with Crippen LogP contribution >= 0.6 is 23.1 Å². The molecule has 2 heterocycles. The zero-order chi connectivity index (χ0) is 15.4. The number of nitrogens with one attached hydrogen (secondary N) is 1. The SMILES string of the molecule is Cc1nnc(SCCCNC(=O)c2ccc3c(c2)CCO3)s1. The van der Waals surface area contributed by atoms with Crippen LogP contribution in [-0.4, -0.2) is 35.0 Å². The monoisotopic (exact) mass is 335 g/mol. The second-order valence-corrected chi connectivity index (χ2v) is 7.49. The van der Waals surface area contributed by atoms with E-state index in [1.807, 2.05) is 25.1 Å². The molecular weight excluding hydrogens is 318 g/mol. The van der Waals surface area contributed by atoms with E-state index in [4.69, 9.17) is 4.74 Å². The van der Waals surface area contributed by atoms with Crippen molar-refractivity contribution in [1.29, 1.82) is 0 Å². The number of fused-ring (bicyclic) bond motifs is 1. The van der Waals surface area contributed by atoms with Crippen LogP contribution < -0.4 is 10.1 Å². The quantitative estimate of drug-likeness (QED) is 0.649. The third-order valence-electron chi connectivity index (χ3n) is 3.29. The van der Waals surface area contributed by atoms with Crippen LogP contribution in [0.3, 0.4) is 0 Å². The number of ether oxygens (including phenoxy) is 1. The fourth-order valence-corrected chi connectivity index (χ4v) is 4.03. The molecule has 0 saturated heterocycles. The molecule has 22 heavy (non-hydrogen) atoms. The van der Waals surface area contributed by atoms with Crippen LogP contribution in [0.4, 0.5) is 0 Å². The van der Waals surface area contributed by atoms with Gasteiger partial charge in [-0.05, 0) is 37.1 Å². The molecular formula is C15H17N3O2S2. The Morgan fingerprint density at radius 1 is 1.45 bits per heavy atom. The first-order chi connectivity index (χ1) is 10.7. The van der Waals surface area contributed by atoms with Gasteiger partial charge >= 0.3 is 0 Å². The zero-order valence-corrected chi connectivity index (χ0v) is 13.9. The van der Waals surface area contributed by atoms with Crippen molar-refractivity contribution in [1.82, 2.24) is 15.5 Å². The summed E-state index contributed by atoms with van der Waals surface area (Å²) in [6, 6.07) is 5.62. The minimum Gasteiger partial charge on any atom is -0.493 e. The van der Waals surface area contributed by atoms with Crippen molar-refractivity contribution in [2.45, 2.75) is 24.1 Å². The van der Waals surface area contributed by atoms with Crippen molar-refractivity contribution in [2.75, 3.05) is 18.9 Å². The predicted molar refractivity (Wildman–Crippen MR) is 88.0 cm³/mol. The zero-order valence-electron chi connectivity index (χ0n) is 12.3. The Kier molecular flexibility index (Phi) is 4.94. The highest BCUT2D eigenvalue weighted by molar-refractivity contribution is 8.01. The Bertz CT molecular complexity index is 673. The normalized spacial score (nSPS) is 12.8. The molecule has 0 saturated carbocycles. The van der Waals surface area contributed by atoms with Crippen molar-refractivity contribution in [3.05, 3.63) is 34.3 Å². The molecule has 0 atom stereocenters. The Labute approximate surface area is 137 Å². The fourth-order valence-electron chi connectivity index (χ4n) is 2.20. The third kappa shape index (κ3) is 3.78. The average Bonchev–Trinajstić information content (AvgIpc) is 3.14. The third-order valence-corrected chi connectivity index (χ3v) is 5.35. The summed E-state index contributed by atoms with van der Waals surface area (Å²) in [5.74, 6) is 1.80. The molecule has 116 valence electrons. The lowest BCUT2D eigenvalue weighted by atomic mass is 10.1. The molecule has 0 aliphatic carbocycles. The summed E-state index contributed by atoms with van der Waals surface area (Å²) in [6.45, 7) is 3.32. The summed E-state index contributed by atoms with van der Waals surface area (Å²) in [5.41, 5.74) is 1.83. The summed E-state index contributed by atoms with van der Waals surface area (Å²) in [6.07, 6.45) is 1.79. The van der Waals surface area contributed by atoms with Gasteiger partial charge in [-0.25, -0.2) is 0 Å².